The van der Waals surface area contributed by atoms with Crippen molar-refractivity contribution in [3.8, 4) is 6.07 Å². The molecule has 0 atom stereocenters. The molecule has 0 aromatic heterocycles. The number of hydrogen-bond donors (Lipinski definition) is 1. The van der Waals surface area contributed by atoms with Crippen molar-refractivity contribution in [1.29, 1.82) is 5.26 Å². The Morgan fingerprint density at radius 3 is 2.92 bits per heavy atom. The van der Waals surface area contributed by atoms with E-state index in [0.717, 1.165) is 11.4 Å². The molecule has 1 N–H and O–H groups in total. The zero-order valence-electron chi connectivity index (χ0n) is 7.83. The molecule has 0 aliphatic heterocycles. The Morgan fingerprint density at radius 1 is 1.54 bits per heavy atom. The molecule has 13 heavy (non-hydrogen) atoms. The number of hydrogen-bond acceptors (Lipinski definition) is 2. The van der Waals surface area contributed by atoms with Crippen LogP contribution in [0.3, 0.4) is 0 Å². The zero-order chi connectivity index (χ0) is 9.68. The van der Waals surface area contributed by atoms with Gasteiger partial charge < -0.3 is 5.32 Å². The van der Waals surface area contributed by atoms with Crippen molar-refractivity contribution in [3.63, 3.8) is 0 Å². The number of nitrogens with zero attached hydrogens (tertiary/aromatic N) is 1. The Morgan fingerprint density at radius 2 is 2.31 bits per heavy atom. The van der Waals surface area contributed by atoms with E-state index in [9.17, 15) is 0 Å². The minimum Gasteiger partial charge on any atom is -0.359 e. The van der Waals surface area contributed by atoms with E-state index >= 15 is 0 Å². The summed E-state index contributed by atoms with van der Waals surface area (Å²) in [6.45, 7) is 3.90. The number of allylic oxidation sites excluding steroid dienone is 2. The Bertz CT molecular complexity index is 359. The fraction of sp³-hybridized carbons (Fsp3) is 0.182. The molecule has 0 amide bonds. The predicted octanol–water partition coefficient (Wildman–Crippen LogP) is 2.83. The third-order valence-corrected chi connectivity index (χ3v) is 1.64. The summed E-state index contributed by atoms with van der Waals surface area (Å²) in [6, 6.07) is 10.0. The Kier molecular flexibility index (Phi) is 3.10. The van der Waals surface area contributed by atoms with Gasteiger partial charge in [-0.1, -0.05) is 12.1 Å². The first kappa shape index (κ1) is 9.34. The first-order valence-corrected chi connectivity index (χ1v) is 4.12. The molecule has 0 aliphatic rings. The van der Waals surface area contributed by atoms with Crippen LogP contribution in [-0.4, -0.2) is 0 Å². The Hall–Kier alpha value is -1.75. The van der Waals surface area contributed by atoms with Gasteiger partial charge in [0.15, 0.2) is 0 Å². The third-order valence-electron chi connectivity index (χ3n) is 1.64. The second-order valence-corrected chi connectivity index (χ2v) is 2.95. The maximum atomic E-state index is 8.40. The molecule has 0 saturated heterocycles. The zero-order valence-corrected chi connectivity index (χ0v) is 7.83. The van der Waals surface area contributed by atoms with Crippen molar-refractivity contribution in [2.75, 3.05) is 5.32 Å². The van der Waals surface area contributed by atoms with Gasteiger partial charge in [-0.2, -0.15) is 5.26 Å². The molecule has 0 bridgehead atoms. The van der Waals surface area contributed by atoms with Crippen molar-refractivity contribution in [2.45, 2.75) is 13.8 Å². The smallest absolute Gasteiger partial charge is 0.0930 e. The molecular weight excluding hydrogens is 160 g/mol. The Balaban J connectivity index is 2.76. The molecular formula is C11H12N2. The fourth-order valence-electron chi connectivity index (χ4n) is 1.08. The van der Waals surface area contributed by atoms with E-state index in [1.165, 1.54) is 11.6 Å². The van der Waals surface area contributed by atoms with E-state index < -0.39 is 0 Å². The van der Waals surface area contributed by atoms with E-state index in [1.54, 1.807) is 0 Å². The predicted molar refractivity (Wildman–Crippen MR) is 54.2 cm³/mol. The van der Waals surface area contributed by atoms with Crippen LogP contribution in [0.4, 0.5) is 5.69 Å². The lowest BCUT2D eigenvalue weighted by Gasteiger charge is -2.05. The summed E-state index contributed by atoms with van der Waals surface area (Å²) in [7, 11) is 0. The van der Waals surface area contributed by atoms with Gasteiger partial charge in [-0.25, -0.2) is 0 Å². The molecule has 0 fully saturated rings. The van der Waals surface area contributed by atoms with Crippen LogP contribution < -0.4 is 5.32 Å². The number of rotatable bonds is 2. The Labute approximate surface area is 78.5 Å². The number of anilines is 1. The monoisotopic (exact) mass is 172 g/mol. The van der Waals surface area contributed by atoms with Gasteiger partial charge in [-0.15, -0.1) is 0 Å². The van der Waals surface area contributed by atoms with Crippen LogP contribution in [0.2, 0.25) is 0 Å². The van der Waals surface area contributed by atoms with Gasteiger partial charge >= 0.3 is 0 Å². The van der Waals surface area contributed by atoms with E-state index in [1.807, 2.05) is 44.2 Å². The average molecular weight is 172 g/mol. The lowest BCUT2D eigenvalue weighted by molar-refractivity contribution is 1.35. The molecule has 0 heterocycles. The van der Waals surface area contributed by atoms with Gasteiger partial charge in [0.2, 0.25) is 0 Å². The molecule has 2 heteroatoms. The van der Waals surface area contributed by atoms with Gasteiger partial charge in [0.05, 0.1) is 6.07 Å². The van der Waals surface area contributed by atoms with Crippen molar-refractivity contribution < 1.29 is 0 Å². The average Bonchev–Trinajstić information content (AvgIpc) is 2.04. The van der Waals surface area contributed by atoms with Crippen molar-refractivity contribution in [1.82, 2.24) is 0 Å². The van der Waals surface area contributed by atoms with Crippen LogP contribution in [0.5, 0.6) is 0 Å². The first-order valence-electron chi connectivity index (χ1n) is 4.12. The maximum Gasteiger partial charge on any atom is 0.0930 e. The fourth-order valence-corrected chi connectivity index (χ4v) is 1.08. The van der Waals surface area contributed by atoms with Gasteiger partial charge in [-0.3, -0.25) is 0 Å². The summed E-state index contributed by atoms with van der Waals surface area (Å²) < 4.78 is 0. The molecule has 1 aromatic rings. The maximum absolute atomic E-state index is 8.40. The highest BCUT2D eigenvalue weighted by Gasteiger charge is 1.91. The number of nitrogens with one attached hydrogen (secondary N) is 1. The minimum absolute atomic E-state index is 0.855. The highest BCUT2D eigenvalue weighted by atomic mass is 14.9. The van der Waals surface area contributed by atoms with E-state index in [0.29, 0.717) is 0 Å². The molecule has 0 spiro atoms. The molecule has 0 saturated carbocycles. The highest BCUT2D eigenvalue weighted by molar-refractivity contribution is 5.50. The summed E-state index contributed by atoms with van der Waals surface area (Å²) in [6.07, 6.45) is 1.49. The summed E-state index contributed by atoms with van der Waals surface area (Å²) in [5.74, 6) is 0. The summed E-state index contributed by atoms with van der Waals surface area (Å²) in [5, 5.41) is 11.5. The molecule has 0 aliphatic carbocycles. The summed E-state index contributed by atoms with van der Waals surface area (Å²) in [5.41, 5.74) is 3.08. The SMILES string of the molecule is C/C(=C/C#N)Nc1cccc(C)c1. The molecule has 1 aromatic carbocycles. The van der Waals surface area contributed by atoms with Crippen LogP contribution >= 0.6 is 0 Å². The van der Waals surface area contributed by atoms with Gasteiger partial charge in [0.25, 0.3) is 0 Å². The second kappa shape index (κ2) is 4.32. The van der Waals surface area contributed by atoms with Crippen molar-refractivity contribution in [2.24, 2.45) is 0 Å². The normalized spacial score (nSPS) is 10.7. The van der Waals surface area contributed by atoms with E-state index in [2.05, 4.69) is 5.32 Å². The number of benzene rings is 1. The molecule has 2 nitrogen and oxygen atoms in total. The summed E-state index contributed by atoms with van der Waals surface area (Å²) >= 11 is 0. The topological polar surface area (TPSA) is 35.8 Å². The van der Waals surface area contributed by atoms with E-state index in [-0.39, 0.29) is 0 Å². The highest BCUT2D eigenvalue weighted by Crippen LogP contribution is 2.11. The molecule has 66 valence electrons. The van der Waals surface area contributed by atoms with E-state index in [4.69, 9.17) is 5.26 Å². The van der Waals surface area contributed by atoms with Crippen LogP contribution in [0, 0.1) is 18.3 Å². The third kappa shape index (κ3) is 3.00. The molecule has 0 radical (unpaired) electrons. The largest absolute Gasteiger partial charge is 0.359 e. The number of aryl methyl sites for hydroxylation is 1. The second-order valence-electron chi connectivity index (χ2n) is 2.95. The van der Waals surface area contributed by atoms with Crippen LogP contribution in [-0.2, 0) is 0 Å². The molecule has 1 rings (SSSR count). The lowest BCUT2D eigenvalue weighted by atomic mass is 10.2. The van der Waals surface area contributed by atoms with Gasteiger partial charge in [0, 0.05) is 17.5 Å². The lowest BCUT2D eigenvalue weighted by Crippen LogP contribution is -1.94. The molecule has 0 unspecified atom stereocenters. The van der Waals surface area contributed by atoms with Crippen molar-refractivity contribution >= 4 is 5.69 Å². The van der Waals surface area contributed by atoms with Crippen LogP contribution in [0.1, 0.15) is 12.5 Å². The number of nitriles is 1. The van der Waals surface area contributed by atoms with Crippen LogP contribution in [0.15, 0.2) is 36.0 Å². The first-order chi connectivity index (χ1) is 6.22. The minimum atomic E-state index is 0.855. The summed E-state index contributed by atoms with van der Waals surface area (Å²) in [4.78, 5) is 0. The van der Waals surface area contributed by atoms with Crippen molar-refractivity contribution in [3.05, 3.63) is 41.6 Å². The van der Waals surface area contributed by atoms with Crippen LogP contribution in [0.25, 0.3) is 0 Å². The van der Waals surface area contributed by atoms with Gasteiger partial charge in [0.1, 0.15) is 0 Å². The van der Waals surface area contributed by atoms with Gasteiger partial charge in [-0.05, 0) is 31.5 Å². The quantitative estimate of drug-likeness (QED) is 0.696. The standard InChI is InChI=1S/C11H12N2/c1-9-4-3-5-11(8-9)13-10(2)6-7-12/h3-6,8,13H,1-2H3/b10-6-.